The summed E-state index contributed by atoms with van der Waals surface area (Å²) < 4.78 is 10.1. The third kappa shape index (κ3) is 3.45. The van der Waals surface area contributed by atoms with E-state index in [0.717, 1.165) is 0 Å². The average molecular weight is 377 g/mol. The zero-order valence-corrected chi connectivity index (χ0v) is 14.3. The quantitative estimate of drug-likeness (QED) is 0.499. The summed E-state index contributed by atoms with van der Waals surface area (Å²) in [6.07, 6.45) is -0.993. The SMILES string of the molecule is COc1ccc(NC(=O)C2Cc3cc(Cl)ccc3C(=O)O2)c([N+](=O)[O-])c1. The molecule has 1 atom stereocenters. The Bertz CT molecular complexity index is 914. The maximum absolute atomic E-state index is 12.5. The Hall–Kier alpha value is -3.13. The fourth-order valence-corrected chi connectivity index (χ4v) is 2.81. The lowest BCUT2D eigenvalue weighted by atomic mass is 9.98. The van der Waals surface area contributed by atoms with Gasteiger partial charge in [0.15, 0.2) is 6.10 Å². The fourth-order valence-electron chi connectivity index (χ4n) is 2.62. The van der Waals surface area contributed by atoms with Crippen LogP contribution in [0.15, 0.2) is 36.4 Å². The Balaban J connectivity index is 1.83. The predicted molar refractivity (Wildman–Crippen MR) is 92.6 cm³/mol. The van der Waals surface area contributed by atoms with Crippen molar-refractivity contribution in [3.63, 3.8) is 0 Å². The van der Waals surface area contributed by atoms with Gasteiger partial charge in [0, 0.05) is 11.4 Å². The predicted octanol–water partition coefficient (Wildman–Crippen LogP) is 2.98. The Morgan fingerprint density at radius 3 is 2.81 bits per heavy atom. The van der Waals surface area contributed by atoms with Crippen molar-refractivity contribution in [3.05, 3.63) is 62.7 Å². The summed E-state index contributed by atoms with van der Waals surface area (Å²) in [6.45, 7) is 0. The molecule has 1 unspecified atom stereocenters. The van der Waals surface area contributed by atoms with Crippen LogP contribution in [0.3, 0.4) is 0 Å². The number of rotatable bonds is 4. The van der Waals surface area contributed by atoms with Gasteiger partial charge in [0.05, 0.1) is 23.7 Å². The molecule has 1 amide bonds. The number of nitro benzene ring substituents is 1. The zero-order valence-electron chi connectivity index (χ0n) is 13.5. The minimum absolute atomic E-state index is 0.0197. The van der Waals surface area contributed by atoms with Gasteiger partial charge in [-0.2, -0.15) is 0 Å². The van der Waals surface area contributed by atoms with Crippen molar-refractivity contribution in [2.24, 2.45) is 0 Å². The van der Waals surface area contributed by atoms with Gasteiger partial charge in [0.1, 0.15) is 11.4 Å². The highest BCUT2D eigenvalue weighted by Gasteiger charge is 2.32. The summed E-state index contributed by atoms with van der Waals surface area (Å²) in [5.74, 6) is -1.04. The van der Waals surface area contributed by atoms with Crippen LogP contribution in [-0.2, 0) is 16.0 Å². The minimum Gasteiger partial charge on any atom is -0.496 e. The van der Waals surface area contributed by atoms with Crippen molar-refractivity contribution >= 4 is 34.9 Å². The van der Waals surface area contributed by atoms with E-state index < -0.39 is 22.9 Å². The number of halogens is 1. The molecule has 0 spiro atoms. The van der Waals surface area contributed by atoms with E-state index in [0.29, 0.717) is 16.1 Å². The molecule has 0 saturated heterocycles. The topological polar surface area (TPSA) is 108 Å². The number of fused-ring (bicyclic) bond motifs is 1. The lowest BCUT2D eigenvalue weighted by Gasteiger charge is -2.24. The standard InChI is InChI=1S/C17H13ClN2O6/c1-25-11-3-5-13(14(8-11)20(23)24)19-16(21)15-7-9-6-10(18)2-4-12(9)17(22)26-15/h2-6,8,15H,7H2,1H3,(H,19,21). The first-order chi connectivity index (χ1) is 12.4. The van der Waals surface area contributed by atoms with E-state index in [2.05, 4.69) is 5.32 Å². The number of nitrogens with zero attached hydrogens (tertiary/aromatic N) is 1. The highest BCUT2D eigenvalue weighted by molar-refractivity contribution is 6.30. The summed E-state index contributed by atoms with van der Waals surface area (Å²) in [5.41, 5.74) is 0.573. The number of amides is 1. The molecule has 2 aromatic carbocycles. The summed E-state index contributed by atoms with van der Waals surface area (Å²) in [5, 5.41) is 14.1. The van der Waals surface area contributed by atoms with E-state index in [1.807, 2.05) is 0 Å². The number of cyclic esters (lactones) is 1. The van der Waals surface area contributed by atoms with Crippen LogP contribution in [0.2, 0.25) is 5.02 Å². The van der Waals surface area contributed by atoms with Gasteiger partial charge in [-0.05, 0) is 35.9 Å². The molecule has 1 N–H and O–H groups in total. The van der Waals surface area contributed by atoms with E-state index in [1.54, 1.807) is 12.1 Å². The van der Waals surface area contributed by atoms with Gasteiger partial charge >= 0.3 is 5.97 Å². The molecule has 0 bridgehead atoms. The second-order valence-corrected chi connectivity index (χ2v) is 5.97. The Labute approximate surface area is 152 Å². The van der Waals surface area contributed by atoms with Crippen molar-refractivity contribution in [2.45, 2.75) is 12.5 Å². The van der Waals surface area contributed by atoms with Crippen LogP contribution < -0.4 is 10.1 Å². The van der Waals surface area contributed by atoms with Crippen LogP contribution in [0.4, 0.5) is 11.4 Å². The van der Waals surface area contributed by atoms with E-state index in [4.69, 9.17) is 21.1 Å². The van der Waals surface area contributed by atoms with E-state index in [9.17, 15) is 19.7 Å². The molecule has 1 aliphatic heterocycles. The average Bonchev–Trinajstić information content (AvgIpc) is 2.61. The van der Waals surface area contributed by atoms with Crippen LogP contribution in [0.1, 0.15) is 15.9 Å². The zero-order chi connectivity index (χ0) is 18.8. The van der Waals surface area contributed by atoms with Gasteiger partial charge in [-0.15, -0.1) is 0 Å². The lowest BCUT2D eigenvalue weighted by Crippen LogP contribution is -2.38. The molecule has 3 rings (SSSR count). The molecule has 0 aromatic heterocycles. The number of hydrogen-bond acceptors (Lipinski definition) is 6. The molecule has 134 valence electrons. The van der Waals surface area contributed by atoms with Crippen molar-refractivity contribution in [1.29, 1.82) is 0 Å². The first-order valence-electron chi connectivity index (χ1n) is 7.51. The number of benzene rings is 2. The number of methoxy groups -OCH3 is 1. The highest BCUT2D eigenvalue weighted by atomic mass is 35.5. The molecule has 1 aliphatic rings. The second kappa shape index (κ2) is 7.01. The summed E-state index contributed by atoms with van der Waals surface area (Å²) in [6, 6.07) is 8.70. The second-order valence-electron chi connectivity index (χ2n) is 5.53. The van der Waals surface area contributed by atoms with Crippen LogP contribution in [0, 0.1) is 10.1 Å². The fraction of sp³-hybridized carbons (Fsp3) is 0.176. The Morgan fingerprint density at radius 2 is 2.12 bits per heavy atom. The number of nitro groups is 1. The van der Waals surface area contributed by atoms with Gasteiger partial charge in [-0.3, -0.25) is 14.9 Å². The van der Waals surface area contributed by atoms with Crippen molar-refractivity contribution in [2.75, 3.05) is 12.4 Å². The lowest BCUT2D eigenvalue weighted by molar-refractivity contribution is -0.384. The monoisotopic (exact) mass is 376 g/mol. The van der Waals surface area contributed by atoms with Gasteiger partial charge < -0.3 is 14.8 Å². The summed E-state index contributed by atoms with van der Waals surface area (Å²) in [4.78, 5) is 35.1. The van der Waals surface area contributed by atoms with E-state index >= 15 is 0 Å². The minimum atomic E-state index is -1.12. The molecule has 1 heterocycles. The van der Waals surface area contributed by atoms with Gasteiger partial charge in [0.2, 0.25) is 0 Å². The van der Waals surface area contributed by atoms with Crippen LogP contribution >= 0.6 is 11.6 Å². The molecule has 0 saturated carbocycles. The highest BCUT2D eigenvalue weighted by Crippen LogP contribution is 2.30. The number of ether oxygens (including phenoxy) is 2. The van der Waals surface area contributed by atoms with E-state index in [-0.39, 0.29) is 23.5 Å². The number of esters is 1. The number of nitrogens with one attached hydrogen (secondary N) is 1. The molecular weight excluding hydrogens is 364 g/mol. The smallest absolute Gasteiger partial charge is 0.339 e. The van der Waals surface area contributed by atoms with Crippen molar-refractivity contribution < 1.29 is 24.0 Å². The molecule has 0 radical (unpaired) electrons. The first-order valence-corrected chi connectivity index (χ1v) is 7.89. The Morgan fingerprint density at radius 1 is 1.35 bits per heavy atom. The normalized spacial score (nSPS) is 15.6. The number of carbonyl (C=O) groups excluding carboxylic acids is 2. The maximum Gasteiger partial charge on any atom is 0.339 e. The molecule has 2 aromatic rings. The van der Waals surface area contributed by atoms with Gasteiger partial charge in [-0.25, -0.2) is 4.79 Å². The first kappa shape index (κ1) is 17.7. The van der Waals surface area contributed by atoms with Crippen molar-refractivity contribution in [3.8, 4) is 5.75 Å². The van der Waals surface area contributed by atoms with Gasteiger partial charge in [0.25, 0.3) is 11.6 Å². The molecular formula is C17H13ClN2O6. The summed E-state index contributed by atoms with van der Waals surface area (Å²) >= 11 is 5.93. The van der Waals surface area contributed by atoms with Gasteiger partial charge in [-0.1, -0.05) is 11.6 Å². The van der Waals surface area contributed by atoms with E-state index in [1.165, 1.54) is 31.4 Å². The largest absolute Gasteiger partial charge is 0.496 e. The van der Waals surface area contributed by atoms with Crippen LogP contribution in [0.25, 0.3) is 0 Å². The molecule has 0 aliphatic carbocycles. The molecule has 8 nitrogen and oxygen atoms in total. The molecule has 0 fully saturated rings. The third-order valence-electron chi connectivity index (χ3n) is 3.89. The number of hydrogen-bond donors (Lipinski definition) is 1. The summed E-state index contributed by atoms with van der Waals surface area (Å²) in [7, 11) is 1.38. The van der Waals surface area contributed by atoms with Crippen LogP contribution in [-0.4, -0.2) is 30.0 Å². The third-order valence-corrected chi connectivity index (χ3v) is 4.13. The molecule has 26 heavy (non-hydrogen) atoms. The van der Waals surface area contributed by atoms with Crippen molar-refractivity contribution in [1.82, 2.24) is 0 Å². The number of anilines is 1. The maximum atomic E-state index is 12.5. The molecule has 9 heteroatoms. The number of carbonyl (C=O) groups is 2. The van der Waals surface area contributed by atoms with Crippen LogP contribution in [0.5, 0.6) is 5.75 Å². The Kier molecular flexibility index (Phi) is 4.77.